The van der Waals surface area contributed by atoms with Gasteiger partial charge >= 0.3 is 7.05 Å². The first-order chi connectivity index (χ1) is 6.16. The second-order valence-electron chi connectivity index (χ2n) is 3.45. The van der Waals surface area contributed by atoms with Gasteiger partial charge in [0.1, 0.15) is 5.82 Å². The quantitative estimate of drug-likeness (QED) is 0.655. The average molecular weight is 179 g/mol. The third-order valence-corrected chi connectivity index (χ3v) is 2.44. The first-order valence-electron chi connectivity index (χ1n) is 4.36. The molecule has 2 nitrogen and oxygen atoms in total. The van der Waals surface area contributed by atoms with Gasteiger partial charge in [-0.15, -0.1) is 0 Å². The average Bonchev–Trinajstić information content (AvgIpc) is 2.46. The van der Waals surface area contributed by atoms with E-state index in [1.54, 1.807) is 12.9 Å². The lowest BCUT2D eigenvalue weighted by Gasteiger charge is -2.14. The molecular formula is C9H11BFNO. The number of hydrogen-bond donors (Lipinski definition) is 1. The molecule has 68 valence electrons. The Morgan fingerprint density at radius 3 is 2.77 bits per heavy atom. The molecule has 2 rings (SSSR count). The highest BCUT2D eigenvalue weighted by Gasteiger charge is 2.24. The van der Waals surface area contributed by atoms with Gasteiger partial charge < -0.3 is 9.83 Å². The zero-order valence-corrected chi connectivity index (χ0v) is 7.50. The zero-order valence-electron chi connectivity index (χ0n) is 7.50. The lowest BCUT2D eigenvalue weighted by molar-refractivity contribution is 0.380. The van der Waals surface area contributed by atoms with Crippen LogP contribution in [0.3, 0.4) is 0 Å². The molecule has 0 aromatic heterocycles. The van der Waals surface area contributed by atoms with E-state index in [0.29, 0.717) is 13.1 Å². The summed E-state index contributed by atoms with van der Waals surface area (Å²) in [7, 11) is -0.463. The van der Waals surface area contributed by atoms with E-state index in [-0.39, 0.29) is 5.82 Å². The van der Waals surface area contributed by atoms with Gasteiger partial charge in [-0.1, -0.05) is 6.07 Å². The molecule has 0 saturated heterocycles. The topological polar surface area (TPSA) is 23.5 Å². The van der Waals surface area contributed by atoms with E-state index in [1.807, 2.05) is 4.81 Å². The van der Waals surface area contributed by atoms with Gasteiger partial charge in [-0.3, -0.25) is 0 Å². The minimum absolute atomic E-state index is 0.203. The number of halogens is 1. The third kappa shape index (κ3) is 1.60. The van der Waals surface area contributed by atoms with E-state index in [9.17, 15) is 9.41 Å². The van der Waals surface area contributed by atoms with Crippen molar-refractivity contribution in [2.24, 2.45) is 0 Å². The van der Waals surface area contributed by atoms with Gasteiger partial charge in [0.25, 0.3) is 0 Å². The first-order valence-corrected chi connectivity index (χ1v) is 4.36. The molecule has 1 N–H and O–H groups in total. The fraction of sp³-hybridized carbons (Fsp3) is 0.333. The molecule has 0 amide bonds. The van der Waals surface area contributed by atoms with Crippen molar-refractivity contribution in [3.05, 3.63) is 35.1 Å². The van der Waals surface area contributed by atoms with Crippen molar-refractivity contribution in [1.82, 2.24) is 4.81 Å². The van der Waals surface area contributed by atoms with Crippen molar-refractivity contribution < 1.29 is 9.41 Å². The van der Waals surface area contributed by atoms with Crippen LogP contribution in [-0.2, 0) is 13.1 Å². The van der Waals surface area contributed by atoms with Crippen molar-refractivity contribution in [2.45, 2.75) is 19.9 Å². The highest BCUT2D eigenvalue weighted by molar-refractivity contribution is 6.45. The number of nitrogens with zero attached hydrogens (tertiary/aromatic N) is 1. The molecule has 13 heavy (non-hydrogen) atoms. The summed E-state index contributed by atoms with van der Waals surface area (Å²) in [6.07, 6.45) is 0. The number of rotatable bonds is 1. The minimum Gasteiger partial charge on any atom is -0.437 e. The molecule has 0 unspecified atom stereocenters. The van der Waals surface area contributed by atoms with Gasteiger partial charge in [0, 0.05) is 13.1 Å². The Hall–Kier alpha value is -0.865. The molecule has 1 aromatic rings. The third-order valence-electron chi connectivity index (χ3n) is 2.44. The summed E-state index contributed by atoms with van der Waals surface area (Å²) >= 11 is 0. The van der Waals surface area contributed by atoms with Crippen LogP contribution in [-0.4, -0.2) is 16.9 Å². The molecule has 0 bridgehead atoms. The summed E-state index contributed by atoms with van der Waals surface area (Å²) in [5.41, 5.74) is 2.10. The highest BCUT2D eigenvalue weighted by atomic mass is 19.1. The van der Waals surface area contributed by atoms with E-state index in [4.69, 9.17) is 0 Å². The van der Waals surface area contributed by atoms with Crippen LogP contribution < -0.4 is 0 Å². The van der Waals surface area contributed by atoms with Gasteiger partial charge in [0.15, 0.2) is 0 Å². The number of fused-ring (bicyclic) bond motifs is 1. The largest absolute Gasteiger partial charge is 0.437 e. The standard InChI is InChI=1S/C9H11BFNO/c1-10(13)12-5-7-2-3-9(11)4-8(7)6-12/h2-4,13H,5-6H2,1H3. The monoisotopic (exact) mass is 179 g/mol. The van der Waals surface area contributed by atoms with Crippen LogP contribution in [0.1, 0.15) is 11.1 Å². The molecule has 1 heterocycles. The number of benzene rings is 1. The fourth-order valence-electron chi connectivity index (χ4n) is 1.65. The molecule has 4 heteroatoms. The molecule has 1 aliphatic rings. The molecule has 0 spiro atoms. The van der Waals surface area contributed by atoms with Crippen molar-refractivity contribution in [1.29, 1.82) is 0 Å². The summed E-state index contributed by atoms with van der Waals surface area (Å²) in [5.74, 6) is -0.203. The normalized spacial score (nSPS) is 15.9. The summed E-state index contributed by atoms with van der Waals surface area (Å²) < 4.78 is 12.8. The fourth-order valence-corrected chi connectivity index (χ4v) is 1.65. The summed E-state index contributed by atoms with van der Waals surface area (Å²) in [6, 6.07) is 4.79. The molecule has 0 fully saturated rings. The zero-order chi connectivity index (χ0) is 9.42. The second-order valence-corrected chi connectivity index (χ2v) is 3.45. The number of hydrogen-bond acceptors (Lipinski definition) is 2. The maximum Gasteiger partial charge on any atom is 0.376 e. The van der Waals surface area contributed by atoms with E-state index >= 15 is 0 Å². The predicted molar refractivity (Wildman–Crippen MR) is 49.5 cm³/mol. The molecule has 1 aliphatic heterocycles. The Bertz CT molecular complexity index is 329. The lowest BCUT2D eigenvalue weighted by Crippen LogP contribution is -2.31. The second kappa shape index (κ2) is 3.12. The van der Waals surface area contributed by atoms with Crippen molar-refractivity contribution in [3.63, 3.8) is 0 Å². The van der Waals surface area contributed by atoms with Crippen molar-refractivity contribution in [2.75, 3.05) is 0 Å². The Kier molecular flexibility index (Phi) is 2.10. The lowest BCUT2D eigenvalue weighted by atomic mass is 9.86. The van der Waals surface area contributed by atoms with E-state index in [2.05, 4.69) is 0 Å². The van der Waals surface area contributed by atoms with Crippen LogP contribution in [0.25, 0.3) is 0 Å². The Labute approximate surface area is 77.1 Å². The molecule has 0 aliphatic carbocycles. The van der Waals surface area contributed by atoms with Crippen LogP contribution in [0.15, 0.2) is 18.2 Å². The van der Waals surface area contributed by atoms with Crippen LogP contribution in [0.4, 0.5) is 4.39 Å². The van der Waals surface area contributed by atoms with Gasteiger partial charge in [0.2, 0.25) is 0 Å². The molecule has 1 aromatic carbocycles. The molecule has 0 radical (unpaired) electrons. The first kappa shape index (κ1) is 8.72. The van der Waals surface area contributed by atoms with Crippen LogP contribution in [0.2, 0.25) is 6.82 Å². The smallest absolute Gasteiger partial charge is 0.376 e. The van der Waals surface area contributed by atoms with Crippen LogP contribution in [0, 0.1) is 5.82 Å². The molecule has 0 saturated carbocycles. The van der Waals surface area contributed by atoms with Crippen molar-refractivity contribution in [3.8, 4) is 0 Å². The highest BCUT2D eigenvalue weighted by Crippen LogP contribution is 2.23. The van der Waals surface area contributed by atoms with E-state index < -0.39 is 7.05 Å². The summed E-state index contributed by atoms with van der Waals surface area (Å²) in [4.78, 5) is 1.89. The maximum absolute atomic E-state index is 12.8. The maximum atomic E-state index is 12.8. The minimum atomic E-state index is -0.463. The van der Waals surface area contributed by atoms with Crippen LogP contribution in [0.5, 0.6) is 0 Å². The van der Waals surface area contributed by atoms with Gasteiger partial charge in [-0.2, -0.15) is 0 Å². The summed E-state index contributed by atoms with van der Waals surface area (Å²) in [6.45, 7) is 3.08. The van der Waals surface area contributed by atoms with Crippen molar-refractivity contribution >= 4 is 7.05 Å². The van der Waals surface area contributed by atoms with Gasteiger partial charge in [-0.05, 0) is 30.1 Å². The van der Waals surface area contributed by atoms with Crippen LogP contribution >= 0.6 is 0 Å². The van der Waals surface area contributed by atoms with E-state index in [1.165, 1.54) is 12.1 Å². The Balaban J connectivity index is 2.25. The Morgan fingerprint density at radius 2 is 2.08 bits per heavy atom. The predicted octanol–water partition coefficient (Wildman–Crippen LogP) is 1.25. The SMILES string of the molecule is CB(O)N1Cc2ccc(F)cc2C1. The molecule has 0 atom stereocenters. The van der Waals surface area contributed by atoms with Gasteiger partial charge in [-0.25, -0.2) is 4.39 Å². The van der Waals surface area contributed by atoms with E-state index in [0.717, 1.165) is 11.1 Å². The Morgan fingerprint density at radius 1 is 1.38 bits per heavy atom. The summed E-state index contributed by atoms with van der Waals surface area (Å²) in [5, 5.41) is 9.33. The van der Waals surface area contributed by atoms with Gasteiger partial charge in [0.05, 0.1) is 0 Å². The molecular weight excluding hydrogens is 168 g/mol.